The molecule has 2 aromatic heterocycles. The molecule has 0 aliphatic heterocycles. The Morgan fingerprint density at radius 1 is 1.03 bits per heavy atom. The van der Waals surface area contributed by atoms with Crippen LogP contribution in [0.4, 0.5) is 5.13 Å². The van der Waals surface area contributed by atoms with Crippen molar-refractivity contribution >= 4 is 44.8 Å². The van der Waals surface area contributed by atoms with E-state index in [-0.39, 0.29) is 22.5 Å². The number of para-hydroxylation sites is 1. The molecule has 0 aliphatic rings. The van der Waals surface area contributed by atoms with Crippen LogP contribution < -0.4 is 15.6 Å². The third kappa shape index (κ3) is 3.99. The van der Waals surface area contributed by atoms with Crippen molar-refractivity contribution in [2.45, 2.75) is 0 Å². The Morgan fingerprint density at radius 2 is 1.76 bits per heavy atom. The first kappa shape index (κ1) is 18.4. The standard InChI is InChI=1S/C20H13N3O5S/c24-18(25)12-7-11(8-13(9-12)19(26)27)16-6-5-14(28-16)10-21-23-20-22-15-3-1-2-4-17(15)29-20/h1-10H,(H,22,23)(H,24,25)(H,26,27)/p-2/b21-10-. The first-order valence-electron chi connectivity index (χ1n) is 8.32. The van der Waals surface area contributed by atoms with E-state index in [0.29, 0.717) is 10.9 Å². The summed E-state index contributed by atoms with van der Waals surface area (Å²) in [7, 11) is 0. The van der Waals surface area contributed by atoms with Crippen molar-refractivity contribution in [3.63, 3.8) is 0 Å². The Hall–Kier alpha value is -3.98. The monoisotopic (exact) mass is 405 g/mol. The van der Waals surface area contributed by atoms with Gasteiger partial charge in [0, 0.05) is 5.56 Å². The fourth-order valence-corrected chi connectivity index (χ4v) is 3.47. The number of anilines is 1. The number of hydrogen-bond acceptors (Lipinski definition) is 9. The molecular weight excluding hydrogens is 394 g/mol. The quantitative estimate of drug-likeness (QED) is 0.382. The van der Waals surface area contributed by atoms with Crippen LogP contribution in [0.1, 0.15) is 26.5 Å². The second-order valence-corrected chi connectivity index (χ2v) is 6.96. The average molecular weight is 405 g/mol. The van der Waals surface area contributed by atoms with Crippen LogP contribution >= 0.6 is 11.3 Å². The lowest BCUT2D eigenvalue weighted by Crippen LogP contribution is -2.25. The fraction of sp³-hybridized carbons (Fsp3) is 0. The van der Waals surface area contributed by atoms with Gasteiger partial charge < -0.3 is 24.2 Å². The highest BCUT2D eigenvalue weighted by Gasteiger charge is 2.09. The molecule has 0 unspecified atom stereocenters. The molecule has 4 aromatic rings. The molecule has 0 atom stereocenters. The lowest BCUT2D eigenvalue weighted by Gasteiger charge is -2.09. The van der Waals surface area contributed by atoms with Crippen molar-refractivity contribution in [2.75, 3.05) is 5.43 Å². The van der Waals surface area contributed by atoms with E-state index in [1.807, 2.05) is 24.3 Å². The van der Waals surface area contributed by atoms with Crippen LogP contribution in [0.2, 0.25) is 0 Å². The Bertz CT molecular complexity index is 1190. The number of rotatable bonds is 6. The molecular formula is C20H11N3O5S-2. The Morgan fingerprint density at radius 3 is 2.45 bits per heavy atom. The van der Waals surface area contributed by atoms with Crippen LogP contribution in [0.25, 0.3) is 21.5 Å². The molecule has 1 N–H and O–H groups in total. The molecule has 29 heavy (non-hydrogen) atoms. The summed E-state index contributed by atoms with van der Waals surface area (Å²) in [6.07, 6.45) is 1.43. The minimum absolute atomic E-state index is 0.268. The first-order valence-corrected chi connectivity index (χ1v) is 9.14. The summed E-state index contributed by atoms with van der Waals surface area (Å²) >= 11 is 1.45. The van der Waals surface area contributed by atoms with Gasteiger partial charge in [0.05, 0.1) is 28.4 Å². The van der Waals surface area contributed by atoms with E-state index >= 15 is 0 Å². The molecule has 0 bridgehead atoms. The van der Waals surface area contributed by atoms with Gasteiger partial charge in [0.2, 0.25) is 5.13 Å². The van der Waals surface area contributed by atoms with Crippen LogP contribution in [0, 0.1) is 0 Å². The molecule has 0 amide bonds. The zero-order valence-corrected chi connectivity index (χ0v) is 15.4. The fourth-order valence-electron chi connectivity index (χ4n) is 2.65. The van der Waals surface area contributed by atoms with Crippen molar-refractivity contribution in [3.8, 4) is 11.3 Å². The molecule has 0 saturated heterocycles. The van der Waals surface area contributed by atoms with Gasteiger partial charge in [-0.05, 0) is 53.6 Å². The predicted octanol–water partition coefficient (Wildman–Crippen LogP) is 1.73. The minimum Gasteiger partial charge on any atom is -0.545 e. The largest absolute Gasteiger partial charge is 0.545 e. The predicted molar refractivity (Wildman–Crippen MR) is 104 cm³/mol. The highest BCUT2D eigenvalue weighted by Crippen LogP contribution is 2.26. The van der Waals surface area contributed by atoms with Crippen molar-refractivity contribution in [1.29, 1.82) is 0 Å². The summed E-state index contributed by atoms with van der Waals surface area (Å²) in [6, 6.07) is 14.4. The zero-order valence-electron chi connectivity index (χ0n) is 14.6. The lowest BCUT2D eigenvalue weighted by atomic mass is 10.0. The third-order valence-electron chi connectivity index (χ3n) is 3.96. The molecule has 2 aromatic carbocycles. The number of carbonyl (C=O) groups is 2. The number of furan rings is 1. The smallest absolute Gasteiger partial charge is 0.204 e. The molecule has 4 rings (SSSR count). The van der Waals surface area contributed by atoms with E-state index in [4.69, 9.17) is 4.42 Å². The van der Waals surface area contributed by atoms with E-state index in [1.54, 1.807) is 12.1 Å². The maximum atomic E-state index is 11.1. The highest BCUT2D eigenvalue weighted by atomic mass is 32.1. The SMILES string of the molecule is O=C([O-])c1cc(C(=O)[O-])cc(-c2ccc(/C=N\Nc3nc4ccccc4s3)o2)c1. The van der Waals surface area contributed by atoms with Crippen molar-refractivity contribution in [3.05, 3.63) is 71.5 Å². The summed E-state index contributed by atoms with van der Waals surface area (Å²) in [5.74, 6) is -2.34. The number of benzene rings is 2. The van der Waals surface area contributed by atoms with Gasteiger partial charge in [0.25, 0.3) is 0 Å². The summed E-state index contributed by atoms with van der Waals surface area (Å²) in [6.45, 7) is 0. The second kappa shape index (κ2) is 7.56. The summed E-state index contributed by atoms with van der Waals surface area (Å²) in [5.41, 5.74) is 3.39. The van der Waals surface area contributed by atoms with Gasteiger partial charge in [-0.15, -0.1) is 0 Å². The van der Waals surface area contributed by atoms with Crippen molar-refractivity contribution < 1.29 is 24.2 Å². The number of nitrogens with zero attached hydrogens (tertiary/aromatic N) is 2. The number of thiazole rings is 1. The van der Waals surface area contributed by atoms with Crippen molar-refractivity contribution in [1.82, 2.24) is 4.98 Å². The van der Waals surface area contributed by atoms with E-state index in [0.717, 1.165) is 16.3 Å². The third-order valence-corrected chi connectivity index (χ3v) is 4.90. The molecule has 0 spiro atoms. The van der Waals surface area contributed by atoms with Gasteiger partial charge in [-0.3, -0.25) is 5.43 Å². The maximum absolute atomic E-state index is 11.1. The van der Waals surface area contributed by atoms with Crippen LogP contribution in [0.3, 0.4) is 0 Å². The number of carboxylic acids is 2. The van der Waals surface area contributed by atoms with E-state index in [1.165, 1.54) is 29.7 Å². The number of carbonyl (C=O) groups excluding carboxylic acids is 2. The number of hydrogen-bond donors (Lipinski definition) is 1. The number of nitrogens with one attached hydrogen (secondary N) is 1. The van der Waals surface area contributed by atoms with Crippen LogP contribution in [-0.2, 0) is 0 Å². The molecule has 0 fully saturated rings. The van der Waals surface area contributed by atoms with Crippen LogP contribution in [0.5, 0.6) is 0 Å². The molecule has 0 radical (unpaired) electrons. The number of aromatic nitrogens is 1. The molecule has 9 heteroatoms. The second-order valence-electron chi connectivity index (χ2n) is 5.93. The molecule has 0 saturated carbocycles. The average Bonchev–Trinajstić information content (AvgIpc) is 3.34. The molecule has 8 nitrogen and oxygen atoms in total. The minimum atomic E-state index is -1.50. The normalized spacial score (nSPS) is 11.2. The van der Waals surface area contributed by atoms with Gasteiger partial charge in [-0.25, -0.2) is 4.98 Å². The van der Waals surface area contributed by atoms with Gasteiger partial charge in [-0.1, -0.05) is 23.5 Å². The van der Waals surface area contributed by atoms with Crippen LogP contribution in [0.15, 0.2) is 64.1 Å². The topological polar surface area (TPSA) is 131 Å². The number of fused-ring (bicyclic) bond motifs is 1. The summed E-state index contributed by atoms with van der Waals surface area (Å²) < 4.78 is 6.63. The van der Waals surface area contributed by atoms with Gasteiger partial charge in [-0.2, -0.15) is 5.10 Å². The van der Waals surface area contributed by atoms with Gasteiger partial charge in [0.15, 0.2) is 0 Å². The lowest BCUT2D eigenvalue weighted by molar-refractivity contribution is -0.255. The van der Waals surface area contributed by atoms with Gasteiger partial charge >= 0.3 is 0 Å². The number of hydrazone groups is 1. The zero-order chi connectivity index (χ0) is 20.4. The first-order chi connectivity index (χ1) is 14.0. The Labute approximate surface area is 167 Å². The van der Waals surface area contributed by atoms with E-state index in [2.05, 4.69) is 15.5 Å². The highest BCUT2D eigenvalue weighted by molar-refractivity contribution is 7.22. The van der Waals surface area contributed by atoms with E-state index in [9.17, 15) is 19.8 Å². The number of carboxylic acid groups (broad SMARTS) is 2. The number of aromatic carboxylic acids is 2. The van der Waals surface area contributed by atoms with Gasteiger partial charge in [0.1, 0.15) is 11.5 Å². The van der Waals surface area contributed by atoms with Crippen molar-refractivity contribution in [2.24, 2.45) is 5.10 Å². The molecule has 2 heterocycles. The Balaban J connectivity index is 1.54. The maximum Gasteiger partial charge on any atom is 0.204 e. The molecule has 144 valence electrons. The van der Waals surface area contributed by atoms with Crippen LogP contribution in [-0.4, -0.2) is 23.1 Å². The summed E-state index contributed by atoms with van der Waals surface area (Å²) in [5, 5.41) is 26.9. The van der Waals surface area contributed by atoms with E-state index < -0.39 is 11.9 Å². The summed E-state index contributed by atoms with van der Waals surface area (Å²) in [4.78, 5) is 26.6. The molecule has 0 aliphatic carbocycles. The Kier molecular flexibility index (Phi) is 4.80.